The van der Waals surface area contributed by atoms with Crippen LogP contribution in [0.15, 0.2) is 36.4 Å². The molecule has 0 fully saturated rings. The number of ether oxygens (including phenoxy) is 1. The van der Waals surface area contributed by atoms with Gasteiger partial charge in [0.05, 0.1) is 24.9 Å². The van der Waals surface area contributed by atoms with E-state index in [4.69, 9.17) is 16.3 Å². The van der Waals surface area contributed by atoms with Crippen LogP contribution in [-0.4, -0.2) is 26.1 Å². The number of hydrogen-bond donors (Lipinski definition) is 2. The van der Waals surface area contributed by atoms with E-state index in [-0.39, 0.29) is 16.7 Å². The van der Waals surface area contributed by atoms with Crippen molar-refractivity contribution in [2.75, 3.05) is 19.5 Å². The Labute approximate surface area is 150 Å². The molecule has 7 heteroatoms. The molecule has 0 spiro atoms. The van der Waals surface area contributed by atoms with E-state index in [9.17, 15) is 13.6 Å². The fourth-order valence-corrected chi connectivity index (χ4v) is 2.57. The molecule has 0 aliphatic carbocycles. The molecule has 2 aromatic rings. The average Bonchev–Trinajstić information content (AvgIpc) is 2.56. The summed E-state index contributed by atoms with van der Waals surface area (Å²) in [6.07, 6.45) is 0. The number of anilines is 1. The molecule has 0 saturated heterocycles. The van der Waals surface area contributed by atoms with Crippen molar-refractivity contribution >= 4 is 23.2 Å². The minimum atomic E-state index is -0.472. The van der Waals surface area contributed by atoms with Crippen LogP contribution in [0, 0.1) is 11.6 Å². The topological polar surface area (TPSA) is 42.8 Å². The summed E-state index contributed by atoms with van der Waals surface area (Å²) in [4.78, 5) is 13.2. The predicted octanol–water partition coefficient (Wildman–Crippen LogP) is 2.67. The maximum atomic E-state index is 13.8. The molecule has 2 aromatic carbocycles. The van der Waals surface area contributed by atoms with Crippen molar-refractivity contribution in [3.63, 3.8) is 0 Å². The summed E-state index contributed by atoms with van der Waals surface area (Å²) in [6, 6.07) is 8.06. The van der Waals surface area contributed by atoms with Gasteiger partial charge in [0.15, 0.2) is 17.6 Å². The van der Waals surface area contributed by atoms with Gasteiger partial charge < -0.3 is 15.0 Å². The molecular weight excluding hydrogens is 350 g/mol. The van der Waals surface area contributed by atoms with E-state index in [2.05, 4.69) is 5.32 Å². The molecule has 2 atom stereocenters. The highest BCUT2D eigenvalue weighted by Crippen LogP contribution is 2.22. The zero-order valence-electron chi connectivity index (χ0n) is 14.2. The second-order valence-corrected chi connectivity index (χ2v) is 6.23. The Balaban J connectivity index is 2.02. The number of amides is 1. The zero-order chi connectivity index (χ0) is 18.6. The molecule has 1 unspecified atom stereocenters. The third kappa shape index (κ3) is 4.90. The van der Waals surface area contributed by atoms with Crippen LogP contribution in [0.4, 0.5) is 14.5 Å². The first-order chi connectivity index (χ1) is 11.8. The number of benzene rings is 2. The van der Waals surface area contributed by atoms with Crippen LogP contribution in [-0.2, 0) is 11.3 Å². The summed E-state index contributed by atoms with van der Waals surface area (Å²) >= 11 is 5.92. The normalized spacial score (nSPS) is 13.2. The van der Waals surface area contributed by atoms with Gasteiger partial charge in [-0.2, -0.15) is 0 Å². The standard InChI is InChI=1S/C18H19ClF2N2O2/c1-11(18(24)22-16-6-5-13(20)9-14(16)19)23(2)10-12-4-7-17(25-3)15(21)8-12/h4-9,11H,10H2,1-3H3,(H,22,24)/p+1/t11-/m0/s1. The van der Waals surface area contributed by atoms with Crippen molar-refractivity contribution in [3.05, 3.63) is 58.6 Å². The number of halogens is 3. The number of nitrogens with one attached hydrogen (secondary N) is 2. The van der Waals surface area contributed by atoms with Crippen LogP contribution in [0.2, 0.25) is 5.02 Å². The van der Waals surface area contributed by atoms with E-state index in [0.29, 0.717) is 12.2 Å². The molecule has 2 N–H and O–H groups in total. The molecule has 0 aliphatic heterocycles. The molecule has 1 amide bonds. The van der Waals surface area contributed by atoms with E-state index in [0.717, 1.165) is 16.5 Å². The van der Waals surface area contributed by atoms with Gasteiger partial charge in [0.25, 0.3) is 5.91 Å². The third-order valence-corrected chi connectivity index (χ3v) is 4.33. The lowest BCUT2D eigenvalue weighted by atomic mass is 10.1. The van der Waals surface area contributed by atoms with Crippen LogP contribution < -0.4 is 15.0 Å². The highest BCUT2D eigenvalue weighted by atomic mass is 35.5. The molecule has 2 rings (SSSR count). The Hall–Kier alpha value is -2.18. The van der Waals surface area contributed by atoms with E-state index < -0.39 is 17.7 Å². The maximum absolute atomic E-state index is 13.8. The van der Waals surface area contributed by atoms with Gasteiger partial charge in [-0.25, -0.2) is 8.78 Å². The molecular formula is C18H20ClF2N2O2+. The molecule has 0 heterocycles. The van der Waals surface area contributed by atoms with Crippen LogP contribution in [0.3, 0.4) is 0 Å². The number of carbonyl (C=O) groups excluding carboxylic acids is 1. The van der Waals surface area contributed by atoms with Crippen molar-refractivity contribution < 1.29 is 23.2 Å². The number of methoxy groups -OCH3 is 1. The minimum Gasteiger partial charge on any atom is -0.494 e. The number of hydrogen-bond acceptors (Lipinski definition) is 2. The quantitative estimate of drug-likeness (QED) is 0.822. The largest absolute Gasteiger partial charge is 0.494 e. The smallest absolute Gasteiger partial charge is 0.282 e. The van der Waals surface area contributed by atoms with Gasteiger partial charge in [-0.3, -0.25) is 4.79 Å². The van der Waals surface area contributed by atoms with E-state index in [1.807, 2.05) is 7.05 Å². The highest BCUT2D eigenvalue weighted by Gasteiger charge is 2.23. The van der Waals surface area contributed by atoms with Gasteiger partial charge in [-0.05, 0) is 43.3 Å². The molecule has 0 saturated carbocycles. The van der Waals surface area contributed by atoms with E-state index in [1.165, 1.54) is 25.3 Å². The Morgan fingerprint density at radius 2 is 2.00 bits per heavy atom. The van der Waals surface area contributed by atoms with Gasteiger partial charge in [0.1, 0.15) is 12.4 Å². The summed E-state index contributed by atoms with van der Waals surface area (Å²) in [6.45, 7) is 2.20. The zero-order valence-corrected chi connectivity index (χ0v) is 15.0. The van der Waals surface area contributed by atoms with Crippen molar-refractivity contribution in [1.29, 1.82) is 0 Å². The average molecular weight is 370 g/mol. The molecule has 25 heavy (non-hydrogen) atoms. The number of carbonyl (C=O) groups is 1. The summed E-state index contributed by atoms with van der Waals surface area (Å²) < 4.78 is 31.7. The predicted molar refractivity (Wildman–Crippen MR) is 93.0 cm³/mol. The first kappa shape index (κ1) is 19.1. The lowest BCUT2D eigenvalue weighted by molar-refractivity contribution is -0.907. The Kier molecular flexibility index (Phi) is 6.33. The Morgan fingerprint density at radius 1 is 1.28 bits per heavy atom. The van der Waals surface area contributed by atoms with Crippen molar-refractivity contribution in [3.8, 4) is 5.75 Å². The summed E-state index contributed by atoms with van der Waals surface area (Å²) in [5.74, 6) is -0.999. The van der Waals surface area contributed by atoms with Gasteiger partial charge >= 0.3 is 0 Å². The monoisotopic (exact) mass is 369 g/mol. The number of quaternary nitrogens is 1. The highest BCUT2D eigenvalue weighted by molar-refractivity contribution is 6.33. The maximum Gasteiger partial charge on any atom is 0.282 e. The van der Waals surface area contributed by atoms with Crippen LogP contribution in [0.1, 0.15) is 12.5 Å². The second kappa shape index (κ2) is 8.27. The second-order valence-electron chi connectivity index (χ2n) is 5.83. The van der Waals surface area contributed by atoms with Crippen LogP contribution in [0.5, 0.6) is 5.75 Å². The van der Waals surface area contributed by atoms with Gasteiger partial charge in [-0.1, -0.05) is 11.6 Å². The fourth-order valence-electron chi connectivity index (χ4n) is 2.35. The Morgan fingerprint density at radius 3 is 2.60 bits per heavy atom. The number of likely N-dealkylation sites (N-methyl/N-ethyl adjacent to an activating group) is 1. The van der Waals surface area contributed by atoms with Crippen LogP contribution in [0.25, 0.3) is 0 Å². The van der Waals surface area contributed by atoms with Gasteiger partial charge in [-0.15, -0.1) is 0 Å². The SMILES string of the molecule is COc1ccc(C[NH+](C)[C@@H](C)C(=O)Nc2ccc(F)cc2Cl)cc1F. The Bertz CT molecular complexity index is 771. The fraction of sp³-hybridized carbons (Fsp3) is 0.278. The molecule has 134 valence electrons. The van der Waals surface area contributed by atoms with E-state index >= 15 is 0 Å². The number of rotatable bonds is 6. The van der Waals surface area contributed by atoms with Gasteiger partial charge in [0.2, 0.25) is 0 Å². The summed E-state index contributed by atoms with van der Waals surface area (Å²) in [5.41, 5.74) is 1.10. The van der Waals surface area contributed by atoms with E-state index in [1.54, 1.807) is 19.1 Å². The summed E-state index contributed by atoms with van der Waals surface area (Å²) in [5, 5.41) is 2.82. The first-order valence-corrected chi connectivity index (χ1v) is 8.10. The molecule has 0 aliphatic rings. The third-order valence-electron chi connectivity index (χ3n) is 4.02. The lowest BCUT2D eigenvalue weighted by Crippen LogP contribution is -3.12. The lowest BCUT2D eigenvalue weighted by Gasteiger charge is -2.21. The van der Waals surface area contributed by atoms with Crippen molar-refractivity contribution in [1.82, 2.24) is 0 Å². The van der Waals surface area contributed by atoms with Crippen molar-refractivity contribution in [2.24, 2.45) is 0 Å². The molecule has 0 aromatic heterocycles. The van der Waals surface area contributed by atoms with Gasteiger partial charge in [0, 0.05) is 5.56 Å². The van der Waals surface area contributed by atoms with Crippen molar-refractivity contribution in [2.45, 2.75) is 19.5 Å². The van der Waals surface area contributed by atoms with Crippen LogP contribution >= 0.6 is 11.6 Å². The minimum absolute atomic E-state index is 0.135. The molecule has 4 nitrogen and oxygen atoms in total. The molecule has 0 radical (unpaired) electrons. The molecule has 0 bridgehead atoms. The first-order valence-electron chi connectivity index (χ1n) is 7.72. The summed E-state index contributed by atoms with van der Waals surface area (Å²) in [7, 11) is 3.24.